The van der Waals surface area contributed by atoms with Crippen LogP contribution in [0.5, 0.6) is 5.75 Å². The molecule has 2 nitrogen and oxygen atoms in total. The summed E-state index contributed by atoms with van der Waals surface area (Å²) in [6.07, 6.45) is 1.85. The Kier molecular flexibility index (Phi) is 1.97. The molecule has 0 unspecified atom stereocenters. The Bertz CT molecular complexity index is 849. The van der Waals surface area contributed by atoms with Gasteiger partial charge in [-0.15, -0.1) is 0 Å². The van der Waals surface area contributed by atoms with E-state index >= 15 is 0 Å². The first kappa shape index (κ1) is 10.8. The number of benzene rings is 2. The van der Waals surface area contributed by atoms with Crippen LogP contribution in [0.3, 0.4) is 0 Å². The van der Waals surface area contributed by atoms with Gasteiger partial charge in [-0.2, -0.15) is 0 Å². The van der Waals surface area contributed by atoms with Gasteiger partial charge in [-0.3, -0.25) is 4.98 Å². The van der Waals surface area contributed by atoms with Crippen molar-refractivity contribution < 1.29 is 4.74 Å². The lowest BCUT2D eigenvalue weighted by Gasteiger charge is -2.12. The van der Waals surface area contributed by atoms with Crippen LogP contribution in [0, 0.1) is 20.8 Å². The van der Waals surface area contributed by atoms with Gasteiger partial charge in [-0.05, 0) is 49.4 Å². The molecule has 94 valence electrons. The highest BCUT2D eigenvalue weighted by Crippen LogP contribution is 2.41. The van der Waals surface area contributed by atoms with Crippen LogP contribution in [0.4, 0.5) is 0 Å². The van der Waals surface area contributed by atoms with Crippen molar-refractivity contribution in [2.24, 2.45) is 0 Å². The van der Waals surface area contributed by atoms with Gasteiger partial charge >= 0.3 is 0 Å². The highest BCUT2D eigenvalue weighted by Gasteiger charge is 2.22. The molecule has 1 aromatic heterocycles. The van der Waals surface area contributed by atoms with E-state index in [9.17, 15) is 0 Å². The van der Waals surface area contributed by atoms with E-state index in [1.54, 1.807) is 0 Å². The third-order valence-electron chi connectivity index (χ3n) is 4.15. The van der Waals surface area contributed by atoms with Gasteiger partial charge in [0.15, 0.2) is 0 Å². The Morgan fingerprint density at radius 2 is 1.95 bits per heavy atom. The van der Waals surface area contributed by atoms with Crippen LogP contribution >= 0.6 is 0 Å². The molecular weight excluding hydrogens is 234 g/mol. The minimum Gasteiger partial charge on any atom is -0.488 e. The fourth-order valence-electron chi connectivity index (χ4n) is 3.38. The minimum atomic E-state index is 0.673. The van der Waals surface area contributed by atoms with Gasteiger partial charge < -0.3 is 4.74 Å². The van der Waals surface area contributed by atoms with Crippen LogP contribution in [0.2, 0.25) is 0 Å². The van der Waals surface area contributed by atoms with Gasteiger partial charge in [0.25, 0.3) is 0 Å². The van der Waals surface area contributed by atoms with Crippen LogP contribution in [0.1, 0.15) is 22.3 Å². The predicted octanol–water partition coefficient (Wildman–Crippen LogP) is 4.21. The van der Waals surface area contributed by atoms with Crippen LogP contribution in [-0.4, -0.2) is 4.98 Å². The molecule has 1 aliphatic rings. The Morgan fingerprint density at radius 3 is 2.79 bits per heavy atom. The maximum Gasteiger partial charge on any atom is 0.131 e. The summed E-state index contributed by atoms with van der Waals surface area (Å²) < 4.78 is 5.80. The van der Waals surface area contributed by atoms with E-state index in [0.717, 1.165) is 11.3 Å². The smallest absolute Gasteiger partial charge is 0.131 e. The zero-order valence-corrected chi connectivity index (χ0v) is 11.4. The van der Waals surface area contributed by atoms with Crippen molar-refractivity contribution in [2.45, 2.75) is 27.4 Å². The Hall–Kier alpha value is -2.09. The molecule has 0 bridgehead atoms. The molecule has 0 atom stereocenters. The lowest BCUT2D eigenvalue weighted by molar-refractivity contribution is 0.326. The molecule has 0 saturated carbocycles. The number of ether oxygens (including phenoxy) is 1. The molecule has 0 saturated heterocycles. The first-order valence-electron chi connectivity index (χ1n) is 6.60. The number of aryl methyl sites for hydroxylation is 3. The van der Waals surface area contributed by atoms with Crippen LogP contribution < -0.4 is 4.74 Å². The van der Waals surface area contributed by atoms with E-state index in [1.165, 1.54) is 38.4 Å². The minimum absolute atomic E-state index is 0.673. The van der Waals surface area contributed by atoms with Crippen LogP contribution in [0.15, 0.2) is 24.4 Å². The molecule has 2 aromatic carbocycles. The highest BCUT2D eigenvalue weighted by molar-refractivity contribution is 6.12. The Labute approximate surface area is 112 Å². The summed E-state index contributed by atoms with van der Waals surface area (Å²) in [5.41, 5.74) is 6.33. The number of rotatable bonds is 0. The summed E-state index contributed by atoms with van der Waals surface area (Å²) in [6.45, 7) is 7.19. The second-order valence-electron chi connectivity index (χ2n) is 5.43. The summed E-state index contributed by atoms with van der Waals surface area (Å²) in [4.78, 5) is 4.61. The summed E-state index contributed by atoms with van der Waals surface area (Å²) in [7, 11) is 0. The highest BCUT2D eigenvalue weighted by atomic mass is 16.5. The van der Waals surface area contributed by atoms with E-state index in [-0.39, 0.29) is 0 Å². The third kappa shape index (κ3) is 1.29. The molecular formula is C17H15NO. The van der Waals surface area contributed by atoms with Crippen molar-refractivity contribution in [2.75, 3.05) is 0 Å². The Morgan fingerprint density at radius 1 is 1.11 bits per heavy atom. The topological polar surface area (TPSA) is 22.1 Å². The second kappa shape index (κ2) is 3.47. The average Bonchev–Trinajstić information content (AvgIpc) is 2.80. The zero-order valence-electron chi connectivity index (χ0n) is 11.4. The molecule has 4 rings (SSSR count). The lowest BCUT2D eigenvalue weighted by Crippen LogP contribution is -1.94. The van der Waals surface area contributed by atoms with Crippen molar-refractivity contribution in [1.82, 2.24) is 4.98 Å². The van der Waals surface area contributed by atoms with E-state index in [4.69, 9.17) is 4.74 Å². The third-order valence-corrected chi connectivity index (χ3v) is 4.15. The maximum atomic E-state index is 5.80. The van der Waals surface area contributed by atoms with Gasteiger partial charge in [0.05, 0.1) is 5.52 Å². The number of pyridine rings is 1. The van der Waals surface area contributed by atoms with Gasteiger partial charge in [-0.25, -0.2) is 0 Å². The number of nitrogens with zero attached hydrogens (tertiary/aromatic N) is 1. The predicted molar refractivity (Wildman–Crippen MR) is 77.8 cm³/mol. The number of fused-ring (bicyclic) bond motifs is 2. The molecule has 0 N–H and O–H groups in total. The van der Waals surface area contributed by atoms with Crippen LogP contribution in [-0.2, 0) is 6.61 Å². The van der Waals surface area contributed by atoms with Gasteiger partial charge in [0.2, 0.25) is 0 Å². The van der Waals surface area contributed by atoms with E-state index in [2.05, 4.69) is 37.9 Å². The normalized spacial score (nSPS) is 13.2. The number of aromatic nitrogens is 1. The number of hydrogen-bond acceptors (Lipinski definition) is 2. The largest absolute Gasteiger partial charge is 0.488 e. The number of hydrogen-bond donors (Lipinski definition) is 0. The molecule has 0 radical (unpaired) electrons. The lowest BCUT2D eigenvalue weighted by atomic mass is 9.92. The summed E-state index contributed by atoms with van der Waals surface area (Å²) in [5, 5.41) is 3.79. The monoisotopic (exact) mass is 249 g/mol. The second-order valence-corrected chi connectivity index (χ2v) is 5.43. The molecule has 2 heteroatoms. The molecule has 19 heavy (non-hydrogen) atoms. The van der Waals surface area contributed by atoms with Gasteiger partial charge in [0.1, 0.15) is 12.4 Å². The van der Waals surface area contributed by atoms with Crippen molar-refractivity contribution in [3.05, 3.63) is 46.6 Å². The van der Waals surface area contributed by atoms with Crippen molar-refractivity contribution >= 4 is 21.7 Å². The summed E-state index contributed by atoms with van der Waals surface area (Å²) >= 11 is 0. The van der Waals surface area contributed by atoms with E-state index < -0.39 is 0 Å². The SMILES string of the molecule is Cc1cc(C)c2c(C)c3c4c(ccnc4c2c1)OC3. The van der Waals surface area contributed by atoms with Gasteiger partial charge in [-0.1, -0.05) is 11.6 Å². The molecule has 2 heterocycles. The van der Waals surface area contributed by atoms with Gasteiger partial charge in [0, 0.05) is 22.5 Å². The van der Waals surface area contributed by atoms with Crippen LogP contribution in [0.25, 0.3) is 21.7 Å². The molecule has 0 amide bonds. The van der Waals surface area contributed by atoms with E-state index in [0.29, 0.717) is 6.61 Å². The quantitative estimate of drug-likeness (QED) is 0.557. The van der Waals surface area contributed by atoms with Crippen molar-refractivity contribution in [3.8, 4) is 5.75 Å². The fourth-order valence-corrected chi connectivity index (χ4v) is 3.38. The maximum absolute atomic E-state index is 5.80. The molecule has 0 spiro atoms. The molecule has 1 aliphatic heterocycles. The van der Waals surface area contributed by atoms with E-state index in [1.807, 2.05) is 12.3 Å². The Balaban J connectivity index is 2.38. The standard InChI is InChI=1S/C17H15NO/c1-9-6-10(2)15-11(3)13-8-19-14-4-5-18-17(16(13)14)12(15)7-9/h4-7H,8H2,1-3H3. The molecule has 3 aromatic rings. The first-order chi connectivity index (χ1) is 9.16. The fraction of sp³-hybridized carbons (Fsp3) is 0.235. The molecule has 0 aliphatic carbocycles. The van der Waals surface area contributed by atoms with Crippen molar-refractivity contribution in [1.29, 1.82) is 0 Å². The van der Waals surface area contributed by atoms with Crippen molar-refractivity contribution in [3.63, 3.8) is 0 Å². The first-order valence-corrected chi connectivity index (χ1v) is 6.60. The summed E-state index contributed by atoms with van der Waals surface area (Å²) in [6, 6.07) is 6.45. The average molecular weight is 249 g/mol. The summed E-state index contributed by atoms with van der Waals surface area (Å²) in [5.74, 6) is 0.976. The zero-order chi connectivity index (χ0) is 13.1. The molecule has 0 fully saturated rings.